The Morgan fingerprint density at radius 1 is 1.62 bits per heavy atom. The highest BCUT2D eigenvalue weighted by molar-refractivity contribution is 6.18. The second-order valence-electron chi connectivity index (χ2n) is 2.65. The van der Waals surface area contributed by atoms with Crippen LogP contribution < -0.4 is 5.56 Å². The first-order valence-electron chi connectivity index (χ1n) is 3.98. The molecule has 0 saturated carbocycles. The first-order chi connectivity index (χ1) is 6.24. The molecule has 0 aliphatic carbocycles. The quantitative estimate of drug-likeness (QED) is 0.543. The third-order valence-corrected chi connectivity index (χ3v) is 1.75. The number of allylic oxidation sites excluding steroid dienone is 2. The summed E-state index contributed by atoms with van der Waals surface area (Å²) in [4.78, 5) is 15.3. The van der Waals surface area contributed by atoms with Gasteiger partial charge in [-0.3, -0.25) is 9.36 Å². The zero-order valence-electron chi connectivity index (χ0n) is 7.40. The second-order valence-corrected chi connectivity index (χ2v) is 2.96. The van der Waals surface area contributed by atoms with E-state index < -0.39 is 0 Å². The van der Waals surface area contributed by atoms with E-state index in [-0.39, 0.29) is 5.56 Å². The van der Waals surface area contributed by atoms with Crippen LogP contribution in [0, 0.1) is 6.92 Å². The summed E-state index contributed by atoms with van der Waals surface area (Å²) in [6.07, 6.45) is 5.18. The molecule has 0 aliphatic rings. The molecule has 0 amide bonds. The number of rotatable bonds is 3. The minimum absolute atomic E-state index is 0.0354. The van der Waals surface area contributed by atoms with Gasteiger partial charge in [0.1, 0.15) is 0 Å². The Hall–Kier alpha value is -1.09. The highest BCUT2D eigenvalue weighted by atomic mass is 35.5. The van der Waals surface area contributed by atoms with Gasteiger partial charge in [-0.25, -0.2) is 4.98 Å². The lowest BCUT2D eigenvalue weighted by molar-refractivity contribution is 0.746. The lowest BCUT2D eigenvalue weighted by atomic mass is 10.4. The van der Waals surface area contributed by atoms with Crippen LogP contribution in [-0.2, 0) is 6.54 Å². The smallest absolute Gasteiger partial charge is 0.253 e. The maximum atomic E-state index is 11.3. The number of aromatic nitrogens is 2. The summed E-state index contributed by atoms with van der Waals surface area (Å²) < 4.78 is 1.52. The minimum atomic E-state index is -0.0354. The molecule has 0 bridgehead atoms. The first kappa shape index (κ1) is 9.99. The van der Waals surface area contributed by atoms with Gasteiger partial charge in [-0.05, 0) is 6.92 Å². The Kier molecular flexibility index (Phi) is 3.71. The highest BCUT2D eigenvalue weighted by Crippen LogP contribution is 1.86. The number of hydrogen-bond donors (Lipinski definition) is 0. The van der Waals surface area contributed by atoms with Gasteiger partial charge in [0, 0.05) is 24.2 Å². The number of nitrogens with zero attached hydrogens (tertiary/aromatic N) is 2. The zero-order chi connectivity index (χ0) is 9.68. The Morgan fingerprint density at radius 2 is 2.38 bits per heavy atom. The molecule has 0 N–H and O–H groups in total. The summed E-state index contributed by atoms with van der Waals surface area (Å²) in [6, 6.07) is 1.51. The van der Waals surface area contributed by atoms with Gasteiger partial charge < -0.3 is 0 Å². The fraction of sp³-hybridized carbons (Fsp3) is 0.333. The first-order valence-corrected chi connectivity index (χ1v) is 4.51. The summed E-state index contributed by atoms with van der Waals surface area (Å²) in [5.41, 5.74) is 0.703. The van der Waals surface area contributed by atoms with Crippen LogP contribution in [0.3, 0.4) is 0 Å². The van der Waals surface area contributed by atoms with Crippen molar-refractivity contribution in [2.75, 3.05) is 5.88 Å². The number of alkyl halides is 1. The van der Waals surface area contributed by atoms with E-state index in [4.69, 9.17) is 11.6 Å². The second kappa shape index (κ2) is 4.82. The molecule has 0 spiro atoms. The zero-order valence-corrected chi connectivity index (χ0v) is 8.16. The fourth-order valence-corrected chi connectivity index (χ4v) is 1.03. The molecule has 0 aromatic carbocycles. The van der Waals surface area contributed by atoms with Gasteiger partial charge in [-0.15, -0.1) is 11.6 Å². The predicted octanol–water partition coefficient (Wildman–Crippen LogP) is 1.35. The van der Waals surface area contributed by atoms with Crippen LogP contribution in [0.5, 0.6) is 0 Å². The van der Waals surface area contributed by atoms with Crippen molar-refractivity contribution in [3.8, 4) is 0 Å². The normalized spacial score (nSPS) is 10.9. The van der Waals surface area contributed by atoms with Crippen LogP contribution in [0.1, 0.15) is 5.69 Å². The van der Waals surface area contributed by atoms with Crippen molar-refractivity contribution >= 4 is 11.6 Å². The maximum Gasteiger partial charge on any atom is 0.253 e. The maximum absolute atomic E-state index is 11.3. The average molecular weight is 199 g/mol. The van der Waals surface area contributed by atoms with E-state index in [1.807, 2.05) is 6.08 Å². The number of halogens is 1. The Bertz CT molecular complexity index is 357. The van der Waals surface area contributed by atoms with Crippen molar-refractivity contribution in [3.63, 3.8) is 0 Å². The third-order valence-electron chi connectivity index (χ3n) is 1.57. The van der Waals surface area contributed by atoms with Crippen molar-refractivity contribution in [2.24, 2.45) is 0 Å². The standard InChI is InChI=1S/C9H11ClN2O/c1-8-6-9(13)12(7-11-8)5-3-2-4-10/h2-3,6-7H,4-5H2,1H3. The van der Waals surface area contributed by atoms with E-state index in [0.717, 1.165) is 5.69 Å². The van der Waals surface area contributed by atoms with Gasteiger partial charge >= 0.3 is 0 Å². The summed E-state index contributed by atoms with van der Waals surface area (Å²) in [7, 11) is 0. The van der Waals surface area contributed by atoms with Crippen LogP contribution in [0.4, 0.5) is 0 Å². The molecule has 4 heteroatoms. The summed E-state index contributed by atoms with van der Waals surface area (Å²) in [5.74, 6) is 0.466. The van der Waals surface area contributed by atoms with Crippen molar-refractivity contribution in [1.29, 1.82) is 0 Å². The lowest BCUT2D eigenvalue weighted by Crippen LogP contribution is -2.19. The van der Waals surface area contributed by atoms with E-state index in [1.54, 1.807) is 13.0 Å². The Morgan fingerprint density at radius 3 is 3.00 bits per heavy atom. The molecular formula is C9H11ClN2O. The largest absolute Gasteiger partial charge is 0.295 e. The van der Waals surface area contributed by atoms with Gasteiger partial charge in [0.25, 0.3) is 5.56 Å². The van der Waals surface area contributed by atoms with Gasteiger partial charge in [-0.1, -0.05) is 12.2 Å². The molecule has 0 aliphatic heterocycles. The molecule has 1 aromatic heterocycles. The van der Waals surface area contributed by atoms with Crippen molar-refractivity contribution < 1.29 is 0 Å². The van der Waals surface area contributed by atoms with Gasteiger partial charge in [-0.2, -0.15) is 0 Å². The molecule has 0 fully saturated rings. The summed E-state index contributed by atoms with van der Waals surface area (Å²) in [6.45, 7) is 2.32. The highest BCUT2D eigenvalue weighted by Gasteiger charge is 1.93. The van der Waals surface area contributed by atoms with Crippen LogP contribution in [0.15, 0.2) is 29.3 Å². The molecule has 1 heterocycles. The van der Waals surface area contributed by atoms with E-state index in [2.05, 4.69) is 4.98 Å². The van der Waals surface area contributed by atoms with Gasteiger partial charge in [0.2, 0.25) is 0 Å². The van der Waals surface area contributed by atoms with Crippen molar-refractivity contribution in [1.82, 2.24) is 9.55 Å². The molecule has 13 heavy (non-hydrogen) atoms. The van der Waals surface area contributed by atoms with E-state index >= 15 is 0 Å². The molecule has 1 aromatic rings. The molecule has 0 saturated heterocycles. The number of hydrogen-bond acceptors (Lipinski definition) is 2. The molecule has 70 valence electrons. The van der Waals surface area contributed by atoms with Gasteiger partial charge in [0.05, 0.1) is 6.33 Å². The third kappa shape index (κ3) is 3.03. The van der Waals surface area contributed by atoms with Crippen LogP contribution in [-0.4, -0.2) is 15.4 Å². The molecule has 0 radical (unpaired) electrons. The molecule has 1 rings (SSSR count). The monoisotopic (exact) mass is 198 g/mol. The van der Waals surface area contributed by atoms with E-state index in [0.29, 0.717) is 12.4 Å². The van der Waals surface area contributed by atoms with E-state index in [9.17, 15) is 4.79 Å². The predicted molar refractivity (Wildman–Crippen MR) is 53.1 cm³/mol. The average Bonchev–Trinajstić information content (AvgIpc) is 2.09. The molecule has 0 unspecified atom stereocenters. The number of aryl methyl sites for hydroxylation is 1. The molecule has 0 atom stereocenters. The van der Waals surface area contributed by atoms with Gasteiger partial charge in [0.15, 0.2) is 0 Å². The van der Waals surface area contributed by atoms with Crippen LogP contribution in [0.2, 0.25) is 0 Å². The van der Waals surface area contributed by atoms with Crippen molar-refractivity contribution in [2.45, 2.75) is 13.5 Å². The minimum Gasteiger partial charge on any atom is -0.295 e. The van der Waals surface area contributed by atoms with E-state index in [1.165, 1.54) is 17.0 Å². The molecule has 3 nitrogen and oxygen atoms in total. The molecular weight excluding hydrogens is 188 g/mol. The van der Waals surface area contributed by atoms with Crippen LogP contribution >= 0.6 is 11.6 Å². The topological polar surface area (TPSA) is 34.9 Å². The van der Waals surface area contributed by atoms with Crippen LogP contribution in [0.25, 0.3) is 0 Å². The summed E-state index contributed by atoms with van der Waals surface area (Å²) >= 11 is 5.44. The lowest BCUT2D eigenvalue weighted by Gasteiger charge is -1.99. The fourth-order valence-electron chi connectivity index (χ4n) is 0.905. The summed E-state index contributed by atoms with van der Waals surface area (Å²) in [5, 5.41) is 0. The van der Waals surface area contributed by atoms with Crippen molar-refractivity contribution in [3.05, 3.63) is 40.6 Å². The Labute approximate surface area is 81.7 Å². The SMILES string of the molecule is Cc1cc(=O)n(CC=CCCl)cn1. The Balaban J connectivity index is 2.78.